The highest BCUT2D eigenvalue weighted by Gasteiger charge is 2.13. The van der Waals surface area contributed by atoms with Crippen LogP contribution in [0.2, 0.25) is 0 Å². The molecule has 1 aliphatic heterocycles. The molecular formula is C22H23N7. The third-order valence-corrected chi connectivity index (χ3v) is 5.39. The predicted molar refractivity (Wildman–Crippen MR) is 116 cm³/mol. The van der Waals surface area contributed by atoms with Gasteiger partial charge in [-0.1, -0.05) is 24.3 Å². The zero-order valence-electron chi connectivity index (χ0n) is 16.5. The predicted octanol–water partition coefficient (Wildman–Crippen LogP) is 4.10. The van der Waals surface area contributed by atoms with Gasteiger partial charge in [0.05, 0.1) is 5.39 Å². The molecular weight excluding hydrogens is 362 g/mol. The van der Waals surface area contributed by atoms with Gasteiger partial charge in [0.25, 0.3) is 0 Å². The van der Waals surface area contributed by atoms with Gasteiger partial charge in [0.2, 0.25) is 5.95 Å². The van der Waals surface area contributed by atoms with Gasteiger partial charge in [-0.15, -0.1) is 0 Å². The molecule has 29 heavy (non-hydrogen) atoms. The minimum Gasteiger partial charge on any atom is -0.338 e. The normalized spacial score (nSPS) is 13.3. The fourth-order valence-electron chi connectivity index (χ4n) is 3.78. The van der Waals surface area contributed by atoms with Crippen molar-refractivity contribution in [2.24, 2.45) is 0 Å². The van der Waals surface area contributed by atoms with E-state index in [0.29, 0.717) is 11.6 Å². The number of nitrogens with one attached hydrogen (secondary N) is 4. The van der Waals surface area contributed by atoms with Crippen molar-refractivity contribution in [2.45, 2.75) is 26.8 Å². The number of rotatable bonds is 4. The van der Waals surface area contributed by atoms with E-state index < -0.39 is 0 Å². The van der Waals surface area contributed by atoms with E-state index in [0.717, 1.165) is 42.1 Å². The second-order valence-electron chi connectivity index (χ2n) is 7.46. The number of H-pyrrole nitrogens is 1. The van der Waals surface area contributed by atoms with E-state index in [1.54, 1.807) is 6.20 Å². The summed E-state index contributed by atoms with van der Waals surface area (Å²) in [5, 5.41) is 18.4. The topological polar surface area (TPSA) is 90.5 Å². The van der Waals surface area contributed by atoms with Crippen LogP contribution in [-0.2, 0) is 13.0 Å². The van der Waals surface area contributed by atoms with Crippen molar-refractivity contribution >= 4 is 34.2 Å². The van der Waals surface area contributed by atoms with Crippen LogP contribution < -0.4 is 16.0 Å². The van der Waals surface area contributed by atoms with E-state index in [1.165, 1.54) is 22.3 Å². The molecule has 3 heterocycles. The SMILES string of the molecule is Cc1cccc(C)c1Nc1n[nH]c2nc(Nc3ccc4c(c3)CNCC4)ncc12. The molecule has 5 rings (SSSR count). The van der Waals surface area contributed by atoms with Crippen molar-refractivity contribution in [2.75, 3.05) is 17.2 Å². The monoisotopic (exact) mass is 385 g/mol. The quantitative estimate of drug-likeness (QED) is 0.423. The molecule has 1 aliphatic rings. The van der Waals surface area contributed by atoms with Gasteiger partial charge in [0, 0.05) is 24.1 Å². The minimum atomic E-state index is 0.545. The molecule has 2 aromatic heterocycles. The molecule has 4 aromatic rings. The number of nitrogens with zero attached hydrogens (tertiary/aromatic N) is 3. The summed E-state index contributed by atoms with van der Waals surface area (Å²) < 4.78 is 0. The average molecular weight is 385 g/mol. The number of aromatic nitrogens is 4. The molecule has 0 saturated heterocycles. The van der Waals surface area contributed by atoms with E-state index in [9.17, 15) is 0 Å². The van der Waals surface area contributed by atoms with Crippen LogP contribution >= 0.6 is 0 Å². The summed E-state index contributed by atoms with van der Waals surface area (Å²) in [6, 6.07) is 12.6. The van der Waals surface area contributed by atoms with Crippen molar-refractivity contribution < 1.29 is 0 Å². The van der Waals surface area contributed by atoms with Crippen molar-refractivity contribution in [3.63, 3.8) is 0 Å². The van der Waals surface area contributed by atoms with Crippen molar-refractivity contribution in [1.29, 1.82) is 0 Å². The Bertz CT molecular complexity index is 1170. The highest BCUT2D eigenvalue weighted by Crippen LogP contribution is 2.28. The van der Waals surface area contributed by atoms with Gasteiger partial charge in [-0.2, -0.15) is 10.1 Å². The number of hydrogen-bond donors (Lipinski definition) is 4. The van der Waals surface area contributed by atoms with Gasteiger partial charge < -0.3 is 16.0 Å². The van der Waals surface area contributed by atoms with Crippen molar-refractivity contribution in [3.8, 4) is 0 Å². The number of aryl methyl sites for hydroxylation is 2. The molecule has 4 N–H and O–H groups in total. The first-order valence-corrected chi connectivity index (χ1v) is 9.81. The molecule has 0 aliphatic carbocycles. The molecule has 0 saturated carbocycles. The molecule has 0 unspecified atom stereocenters. The maximum absolute atomic E-state index is 4.59. The Kier molecular flexibility index (Phi) is 4.37. The molecule has 0 atom stereocenters. The van der Waals surface area contributed by atoms with Crippen LogP contribution in [0.1, 0.15) is 22.3 Å². The Balaban J connectivity index is 1.40. The maximum Gasteiger partial charge on any atom is 0.229 e. The standard InChI is InChI=1S/C22H23N7/c1-13-4-3-5-14(2)19(13)26-20-18-12-24-22(27-21(18)29-28-20)25-17-7-6-15-8-9-23-11-16(15)10-17/h3-7,10,12,23H,8-9,11H2,1-2H3,(H3,24,25,26,27,28,29). The fourth-order valence-corrected chi connectivity index (χ4v) is 3.78. The molecule has 0 amide bonds. The van der Waals surface area contributed by atoms with Gasteiger partial charge in [-0.3, -0.25) is 5.10 Å². The molecule has 0 fully saturated rings. The first kappa shape index (κ1) is 17.6. The molecule has 0 radical (unpaired) electrons. The van der Waals surface area contributed by atoms with Crippen LogP contribution in [0.15, 0.2) is 42.6 Å². The number of para-hydroxylation sites is 1. The lowest BCUT2D eigenvalue weighted by atomic mass is 10.0. The first-order valence-electron chi connectivity index (χ1n) is 9.81. The molecule has 146 valence electrons. The molecule has 7 heteroatoms. The first-order chi connectivity index (χ1) is 14.2. The summed E-state index contributed by atoms with van der Waals surface area (Å²) in [7, 11) is 0. The van der Waals surface area contributed by atoms with Gasteiger partial charge in [0.1, 0.15) is 0 Å². The number of hydrogen-bond acceptors (Lipinski definition) is 6. The maximum atomic E-state index is 4.59. The molecule has 7 nitrogen and oxygen atoms in total. The van der Waals surface area contributed by atoms with Crippen LogP contribution in [0.25, 0.3) is 11.0 Å². The zero-order valence-corrected chi connectivity index (χ0v) is 16.5. The number of aromatic amines is 1. The van der Waals surface area contributed by atoms with Crippen molar-refractivity contribution in [1.82, 2.24) is 25.5 Å². The Morgan fingerprint density at radius 3 is 2.72 bits per heavy atom. The average Bonchev–Trinajstić information content (AvgIpc) is 3.13. The Labute approximate surface area is 169 Å². The molecule has 0 spiro atoms. The van der Waals surface area contributed by atoms with Gasteiger partial charge in [-0.05, 0) is 61.2 Å². The lowest BCUT2D eigenvalue weighted by Gasteiger charge is -2.18. The van der Waals surface area contributed by atoms with Crippen molar-refractivity contribution in [3.05, 3.63) is 64.8 Å². The number of anilines is 4. The van der Waals surface area contributed by atoms with Crippen LogP contribution in [0.4, 0.5) is 23.1 Å². The highest BCUT2D eigenvalue weighted by molar-refractivity contribution is 5.89. The summed E-state index contributed by atoms with van der Waals surface area (Å²) in [4.78, 5) is 9.09. The van der Waals surface area contributed by atoms with Crippen LogP contribution in [0.3, 0.4) is 0 Å². The number of fused-ring (bicyclic) bond motifs is 2. The van der Waals surface area contributed by atoms with Crippen LogP contribution in [0, 0.1) is 13.8 Å². The fraction of sp³-hybridized carbons (Fsp3) is 0.227. The Morgan fingerprint density at radius 2 is 1.86 bits per heavy atom. The van der Waals surface area contributed by atoms with E-state index in [-0.39, 0.29) is 0 Å². The summed E-state index contributed by atoms with van der Waals surface area (Å²) in [5.41, 5.74) is 7.80. The van der Waals surface area contributed by atoms with E-state index in [4.69, 9.17) is 0 Å². The zero-order chi connectivity index (χ0) is 19.8. The van der Waals surface area contributed by atoms with E-state index in [1.807, 2.05) is 0 Å². The third-order valence-electron chi connectivity index (χ3n) is 5.39. The minimum absolute atomic E-state index is 0.545. The largest absolute Gasteiger partial charge is 0.338 e. The smallest absolute Gasteiger partial charge is 0.229 e. The third kappa shape index (κ3) is 3.40. The second-order valence-corrected chi connectivity index (χ2v) is 7.46. The Morgan fingerprint density at radius 1 is 1.00 bits per heavy atom. The Hall–Kier alpha value is -3.45. The summed E-state index contributed by atoms with van der Waals surface area (Å²) in [6.07, 6.45) is 2.87. The lowest BCUT2D eigenvalue weighted by Crippen LogP contribution is -2.23. The van der Waals surface area contributed by atoms with Gasteiger partial charge in [-0.25, -0.2) is 4.98 Å². The van der Waals surface area contributed by atoms with Crippen LogP contribution in [0.5, 0.6) is 0 Å². The summed E-state index contributed by atoms with van der Waals surface area (Å²) >= 11 is 0. The van der Waals surface area contributed by atoms with Crippen LogP contribution in [-0.4, -0.2) is 26.7 Å². The summed E-state index contributed by atoms with van der Waals surface area (Å²) in [5.74, 6) is 1.27. The molecule has 2 aromatic carbocycles. The molecule has 0 bridgehead atoms. The van der Waals surface area contributed by atoms with Gasteiger partial charge >= 0.3 is 0 Å². The van der Waals surface area contributed by atoms with E-state index >= 15 is 0 Å². The highest BCUT2D eigenvalue weighted by atomic mass is 15.2. The van der Waals surface area contributed by atoms with Gasteiger partial charge in [0.15, 0.2) is 11.5 Å². The summed E-state index contributed by atoms with van der Waals surface area (Å²) in [6.45, 7) is 6.10. The lowest BCUT2D eigenvalue weighted by molar-refractivity contribution is 0.644. The number of benzene rings is 2. The second kappa shape index (κ2) is 7.18. The van der Waals surface area contributed by atoms with E-state index in [2.05, 4.69) is 86.4 Å².